The van der Waals surface area contributed by atoms with E-state index in [9.17, 15) is 4.79 Å². The lowest BCUT2D eigenvalue weighted by atomic mass is 10.00. The Morgan fingerprint density at radius 3 is 3.29 bits per heavy atom. The van der Waals surface area contributed by atoms with Crippen LogP contribution in [0.4, 0.5) is 0 Å². The maximum Gasteiger partial charge on any atom is 0.236 e. The number of carbonyl (C=O) groups excluding carboxylic acids is 1. The van der Waals surface area contributed by atoms with Crippen LogP contribution in [0.1, 0.15) is 18.5 Å². The predicted octanol–water partition coefficient (Wildman–Crippen LogP) is 2.06. The molecule has 0 saturated carbocycles. The van der Waals surface area contributed by atoms with Gasteiger partial charge in [-0.3, -0.25) is 4.79 Å². The molecule has 1 atom stereocenters. The summed E-state index contributed by atoms with van der Waals surface area (Å²) in [6, 6.07) is 3.91. The summed E-state index contributed by atoms with van der Waals surface area (Å²) in [5.74, 6) is 1.14. The van der Waals surface area contributed by atoms with E-state index in [1.54, 1.807) is 17.6 Å². The molecule has 2 aromatic rings. The van der Waals surface area contributed by atoms with E-state index >= 15 is 0 Å². The van der Waals surface area contributed by atoms with Crippen molar-refractivity contribution in [3.63, 3.8) is 0 Å². The summed E-state index contributed by atoms with van der Waals surface area (Å²) in [7, 11) is 0. The topological polar surface area (TPSA) is 67.2 Å². The standard InChI is InChI=1S/C15H19N3O2S/c19-14(17-9-11-3-1-5-16-8-11)7-12-10-20-15(18-12)13-4-2-6-21-13/h2,4,6,10-11,16H,1,3,5,7-9H2,(H,17,19). The van der Waals surface area contributed by atoms with Crippen LogP contribution in [0.3, 0.4) is 0 Å². The van der Waals surface area contributed by atoms with Crippen LogP contribution in [0.15, 0.2) is 28.2 Å². The van der Waals surface area contributed by atoms with Crippen LogP contribution in [0.25, 0.3) is 10.8 Å². The lowest BCUT2D eigenvalue weighted by molar-refractivity contribution is -0.120. The van der Waals surface area contributed by atoms with Crippen molar-refractivity contribution in [2.24, 2.45) is 5.92 Å². The molecule has 1 saturated heterocycles. The predicted molar refractivity (Wildman–Crippen MR) is 82.1 cm³/mol. The minimum absolute atomic E-state index is 0.00611. The third kappa shape index (κ3) is 3.92. The molecule has 0 aliphatic carbocycles. The number of hydrogen-bond acceptors (Lipinski definition) is 5. The van der Waals surface area contributed by atoms with Crippen LogP contribution >= 0.6 is 11.3 Å². The third-order valence-corrected chi connectivity index (χ3v) is 4.47. The molecule has 1 unspecified atom stereocenters. The fourth-order valence-corrected chi connectivity index (χ4v) is 3.14. The summed E-state index contributed by atoms with van der Waals surface area (Å²) in [6.07, 6.45) is 4.21. The fourth-order valence-electron chi connectivity index (χ4n) is 2.48. The zero-order chi connectivity index (χ0) is 14.5. The molecule has 1 fully saturated rings. The van der Waals surface area contributed by atoms with E-state index in [0.717, 1.165) is 24.5 Å². The van der Waals surface area contributed by atoms with E-state index in [2.05, 4.69) is 15.6 Å². The molecule has 2 aromatic heterocycles. The van der Waals surface area contributed by atoms with Gasteiger partial charge < -0.3 is 15.1 Å². The van der Waals surface area contributed by atoms with Crippen LogP contribution in [-0.2, 0) is 11.2 Å². The van der Waals surface area contributed by atoms with Gasteiger partial charge in [0.05, 0.1) is 17.0 Å². The van der Waals surface area contributed by atoms with Gasteiger partial charge in [0.25, 0.3) is 0 Å². The normalized spacial score (nSPS) is 18.6. The number of piperidine rings is 1. The van der Waals surface area contributed by atoms with Gasteiger partial charge in [0.1, 0.15) is 6.26 Å². The largest absolute Gasteiger partial charge is 0.444 e. The van der Waals surface area contributed by atoms with Crippen molar-refractivity contribution in [1.82, 2.24) is 15.6 Å². The Bertz CT molecular complexity index is 574. The van der Waals surface area contributed by atoms with Gasteiger partial charge in [0, 0.05) is 6.54 Å². The summed E-state index contributed by atoms with van der Waals surface area (Å²) in [5.41, 5.74) is 0.678. The molecule has 6 heteroatoms. The van der Waals surface area contributed by atoms with Crippen molar-refractivity contribution >= 4 is 17.2 Å². The molecule has 0 radical (unpaired) electrons. The molecule has 1 amide bonds. The zero-order valence-electron chi connectivity index (χ0n) is 11.8. The van der Waals surface area contributed by atoms with E-state index in [4.69, 9.17) is 4.42 Å². The SMILES string of the molecule is O=C(Cc1coc(-c2cccs2)n1)NCC1CCCNC1. The monoisotopic (exact) mass is 305 g/mol. The Hall–Kier alpha value is -1.66. The molecule has 5 nitrogen and oxygen atoms in total. The second-order valence-electron chi connectivity index (χ2n) is 5.31. The molecule has 3 heterocycles. The lowest BCUT2D eigenvalue weighted by Gasteiger charge is -2.22. The first-order chi connectivity index (χ1) is 10.3. The Morgan fingerprint density at radius 1 is 1.57 bits per heavy atom. The molecule has 1 aliphatic rings. The molecule has 3 rings (SSSR count). The summed E-state index contributed by atoms with van der Waals surface area (Å²) >= 11 is 1.57. The first-order valence-corrected chi connectivity index (χ1v) is 8.15. The molecule has 112 valence electrons. The second kappa shape index (κ2) is 6.87. The number of carbonyl (C=O) groups is 1. The van der Waals surface area contributed by atoms with Gasteiger partial charge in [0.2, 0.25) is 11.8 Å². The van der Waals surface area contributed by atoms with Gasteiger partial charge in [-0.25, -0.2) is 4.98 Å². The quantitative estimate of drug-likeness (QED) is 0.887. The second-order valence-corrected chi connectivity index (χ2v) is 6.26. The van der Waals surface area contributed by atoms with Gasteiger partial charge in [-0.1, -0.05) is 6.07 Å². The lowest BCUT2D eigenvalue weighted by Crippen LogP contribution is -2.38. The van der Waals surface area contributed by atoms with E-state index in [1.165, 1.54) is 12.8 Å². The maximum absolute atomic E-state index is 11.9. The highest BCUT2D eigenvalue weighted by atomic mass is 32.1. The summed E-state index contributed by atoms with van der Waals surface area (Å²) < 4.78 is 5.41. The number of nitrogens with one attached hydrogen (secondary N) is 2. The number of aromatic nitrogens is 1. The van der Waals surface area contributed by atoms with Gasteiger partial charge >= 0.3 is 0 Å². The van der Waals surface area contributed by atoms with Crippen LogP contribution < -0.4 is 10.6 Å². The van der Waals surface area contributed by atoms with Crippen molar-refractivity contribution in [2.75, 3.05) is 19.6 Å². The molecular weight excluding hydrogens is 286 g/mol. The Kier molecular flexibility index (Phi) is 4.67. The first kappa shape index (κ1) is 14.3. The van der Waals surface area contributed by atoms with Crippen LogP contribution in [0.2, 0.25) is 0 Å². The Balaban J connectivity index is 1.48. The Morgan fingerprint density at radius 2 is 2.52 bits per heavy atom. The smallest absolute Gasteiger partial charge is 0.236 e. The van der Waals surface area contributed by atoms with Gasteiger partial charge in [-0.2, -0.15) is 0 Å². The summed E-state index contributed by atoms with van der Waals surface area (Å²) in [5, 5.41) is 8.31. The molecule has 2 N–H and O–H groups in total. The fraction of sp³-hybridized carbons (Fsp3) is 0.467. The van der Waals surface area contributed by atoms with E-state index < -0.39 is 0 Å². The number of thiophene rings is 1. The van der Waals surface area contributed by atoms with Crippen LogP contribution in [0, 0.1) is 5.92 Å². The van der Waals surface area contributed by atoms with Crippen LogP contribution in [0.5, 0.6) is 0 Å². The minimum Gasteiger partial charge on any atom is -0.444 e. The van der Waals surface area contributed by atoms with E-state index in [0.29, 0.717) is 17.5 Å². The number of rotatable bonds is 5. The minimum atomic E-state index is 0.00611. The van der Waals surface area contributed by atoms with Crippen molar-refractivity contribution < 1.29 is 9.21 Å². The van der Waals surface area contributed by atoms with Crippen molar-refractivity contribution in [2.45, 2.75) is 19.3 Å². The summed E-state index contributed by atoms with van der Waals surface area (Å²) in [6.45, 7) is 2.82. The highest BCUT2D eigenvalue weighted by molar-refractivity contribution is 7.13. The molecular formula is C15H19N3O2S. The highest BCUT2D eigenvalue weighted by Gasteiger charge is 2.15. The number of amides is 1. The number of oxazole rings is 1. The Labute approximate surface area is 127 Å². The van der Waals surface area contributed by atoms with Gasteiger partial charge in [-0.05, 0) is 43.3 Å². The molecule has 0 aromatic carbocycles. The number of nitrogens with zero attached hydrogens (tertiary/aromatic N) is 1. The molecule has 1 aliphatic heterocycles. The molecule has 0 spiro atoms. The van der Waals surface area contributed by atoms with E-state index in [-0.39, 0.29) is 12.3 Å². The summed E-state index contributed by atoms with van der Waals surface area (Å²) in [4.78, 5) is 17.3. The van der Waals surface area contributed by atoms with Gasteiger partial charge in [0.15, 0.2) is 0 Å². The first-order valence-electron chi connectivity index (χ1n) is 7.27. The average Bonchev–Trinajstić information content (AvgIpc) is 3.17. The number of hydrogen-bond donors (Lipinski definition) is 2. The van der Waals surface area contributed by atoms with E-state index in [1.807, 2.05) is 17.5 Å². The maximum atomic E-state index is 11.9. The zero-order valence-corrected chi connectivity index (χ0v) is 12.6. The van der Waals surface area contributed by atoms with Crippen LogP contribution in [-0.4, -0.2) is 30.5 Å². The van der Waals surface area contributed by atoms with Gasteiger partial charge in [-0.15, -0.1) is 11.3 Å². The average molecular weight is 305 g/mol. The van der Waals surface area contributed by atoms with Crippen molar-refractivity contribution in [1.29, 1.82) is 0 Å². The molecule has 0 bridgehead atoms. The van der Waals surface area contributed by atoms with Crippen molar-refractivity contribution in [3.8, 4) is 10.8 Å². The highest BCUT2D eigenvalue weighted by Crippen LogP contribution is 2.23. The van der Waals surface area contributed by atoms with Crippen molar-refractivity contribution in [3.05, 3.63) is 29.5 Å². The molecule has 21 heavy (non-hydrogen) atoms. The third-order valence-electron chi connectivity index (χ3n) is 3.61.